The van der Waals surface area contributed by atoms with E-state index in [1.54, 1.807) is 0 Å². The summed E-state index contributed by atoms with van der Waals surface area (Å²) in [5, 5.41) is 13.3. The summed E-state index contributed by atoms with van der Waals surface area (Å²) in [6.45, 7) is 1.93. The van der Waals surface area contributed by atoms with Crippen molar-refractivity contribution in [2.75, 3.05) is 0 Å². The largest absolute Gasteiger partial charge is 0.392 e. The molecule has 3 nitrogen and oxygen atoms in total. The minimum atomic E-state index is -0.484. The predicted octanol–water partition coefficient (Wildman–Crippen LogP) is 2.68. The topological polar surface area (TPSA) is 49.3 Å². The monoisotopic (exact) mass is 267 g/mol. The van der Waals surface area contributed by atoms with E-state index in [0.29, 0.717) is 5.02 Å². The maximum atomic E-state index is 12.0. The van der Waals surface area contributed by atoms with Crippen LogP contribution in [0.25, 0.3) is 0 Å². The molecule has 0 saturated heterocycles. The maximum absolute atomic E-state index is 12.0. The molecule has 2 rings (SSSR count). The number of rotatable bonds is 3. The number of carbonyl (C=O) groups is 1. The van der Waals surface area contributed by atoms with Crippen molar-refractivity contribution in [3.05, 3.63) is 34.9 Å². The number of hydrogen-bond acceptors (Lipinski definition) is 2. The molecule has 0 aliphatic heterocycles. The lowest BCUT2D eigenvalue weighted by molar-refractivity contribution is -0.128. The first-order valence-electron chi connectivity index (χ1n) is 6.32. The fraction of sp³-hybridized carbons (Fsp3) is 0.500. The van der Waals surface area contributed by atoms with Gasteiger partial charge in [-0.05, 0) is 43.9 Å². The highest BCUT2D eigenvalue weighted by Gasteiger charge is 2.31. The van der Waals surface area contributed by atoms with E-state index in [1.807, 2.05) is 31.2 Å². The van der Waals surface area contributed by atoms with Crippen molar-refractivity contribution in [2.45, 2.75) is 38.3 Å². The third-order valence-corrected chi connectivity index (χ3v) is 3.80. The molecule has 1 saturated carbocycles. The van der Waals surface area contributed by atoms with E-state index in [0.717, 1.165) is 24.8 Å². The first-order chi connectivity index (χ1) is 8.58. The van der Waals surface area contributed by atoms with E-state index in [2.05, 4.69) is 5.32 Å². The number of halogens is 1. The fourth-order valence-electron chi connectivity index (χ4n) is 2.40. The van der Waals surface area contributed by atoms with Crippen molar-refractivity contribution >= 4 is 17.5 Å². The van der Waals surface area contributed by atoms with Crippen LogP contribution in [0.15, 0.2) is 24.3 Å². The molecule has 3 unspecified atom stereocenters. The van der Waals surface area contributed by atoms with Gasteiger partial charge in [-0.1, -0.05) is 23.7 Å². The van der Waals surface area contributed by atoms with Crippen LogP contribution in [-0.2, 0) is 4.79 Å². The number of aliphatic hydroxyl groups excluding tert-OH is 1. The molecule has 0 heterocycles. The molecule has 0 radical (unpaired) electrons. The lowest BCUT2D eigenvalue weighted by Gasteiger charge is -2.19. The van der Waals surface area contributed by atoms with Crippen LogP contribution in [0.5, 0.6) is 0 Å². The molecule has 1 aromatic carbocycles. The van der Waals surface area contributed by atoms with Gasteiger partial charge in [0.2, 0.25) is 5.91 Å². The Bertz CT molecular complexity index is 418. The zero-order chi connectivity index (χ0) is 13.1. The molecule has 0 aromatic heterocycles. The zero-order valence-corrected chi connectivity index (χ0v) is 11.2. The van der Waals surface area contributed by atoms with Gasteiger partial charge in [0.15, 0.2) is 0 Å². The third kappa shape index (κ3) is 3.03. The van der Waals surface area contributed by atoms with Crippen molar-refractivity contribution in [2.24, 2.45) is 5.92 Å². The van der Waals surface area contributed by atoms with Gasteiger partial charge in [0.1, 0.15) is 0 Å². The Labute approximate surface area is 112 Å². The summed E-state index contributed by atoms with van der Waals surface area (Å²) in [6.07, 6.45) is 1.95. The van der Waals surface area contributed by atoms with Crippen molar-refractivity contribution in [3.8, 4) is 0 Å². The second-order valence-electron chi connectivity index (χ2n) is 4.89. The Morgan fingerprint density at radius 2 is 2.06 bits per heavy atom. The first-order valence-corrected chi connectivity index (χ1v) is 6.69. The first kappa shape index (κ1) is 13.4. The molecular formula is C14H18ClNO2. The second kappa shape index (κ2) is 5.72. The summed E-state index contributed by atoms with van der Waals surface area (Å²) >= 11 is 5.82. The number of hydrogen-bond donors (Lipinski definition) is 2. The van der Waals surface area contributed by atoms with E-state index in [4.69, 9.17) is 11.6 Å². The van der Waals surface area contributed by atoms with Crippen LogP contribution in [0.2, 0.25) is 5.02 Å². The average Bonchev–Trinajstić information content (AvgIpc) is 2.76. The van der Waals surface area contributed by atoms with Gasteiger partial charge in [0.05, 0.1) is 18.1 Å². The Morgan fingerprint density at radius 3 is 2.61 bits per heavy atom. The SMILES string of the molecule is CC(NC(=O)C1CCCC1O)c1ccc(Cl)cc1. The molecule has 1 aliphatic carbocycles. The Morgan fingerprint density at radius 1 is 1.39 bits per heavy atom. The molecule has 2 N–H and O–H groups in total. The standard InChI is InChI=1S/C14H18ClNO2/c1-9(10-5-7-11(15)8-6-10)16-14(18)12-3-2-4-13(12)17/h5-9,12-13,17H,2-4H2,1H3,(H,16,18). The highest BCUT2D eigenvalue weighted by molar-refractivity contribution is 6.30. The van der Waals surface area contributed by atoms with E-state index in [1.165, 1.54) is 0 Å². The molecule has 1 aliphatic rings. The Hall–Kier alpha value is -1.06. The van der Waals surface area contributed by atoms with E-state index < -0.39 is 6.10 Å². The quantitative estimate of drug-likeness (QED) is 0.885. The van der Waals surface area contributed by atoms with Crippen molar-refractivity contribution in [1.82, 2.24) is 5.32 Å². The lowest BCUT2D eigenvalue weighted by atomic mass is 10.0. The van der Waals surface area contributed by atoms with Crippen LogP contribution >= 0.6 is 11.6 Å². The van der Waals surface area contributed by atoms with Crippen LogP contribution in [0.1, 0.15) is 37.8 Å². The molecule has 1 aromatic rings. The highest BCUT2D eigenvalue weighted by Crippen LogP contribution is 2.26. The van der Waals surface area contributed by atoms with Crippen molar-refractivity contribution < 1.29 is 9.90 Å². The average molecular weight is 268 g/mol. The molecule has 0 bridgehead atoms. The summed E-state index contributed by atoms with van der Waals surface area (Å²) in [7, 11) is 0. The van der Waals surface area contributed by atoms with Gasteiger partial charge >= 0.3 is 0 Å². The van der Waals surface area contributed by atoms with Gasteiger partial charge in [0, 0.05) is 5.02 Å². The van der Waals surface area contributed by atoms with Crippen LogP contribution in [0, 0.1) is 5.92 Å². The van der Waals surface area contributed by atoms with Crippen LogP contribution in [-0.4, -0.2) is 17.1 Å². The number of nitrogens with one attached hydrogen (secondary N) is 1. The summed E-state index contributed by atoms with van der Waals surface area (Å²) in [5.41, 5.74) is 1.01. The number of benzene rings is 1. The smallest absolute Gasteiger partial charge is 0.226 e. The third-order valence-electron chi connectivity index (χ3n) is 3.55. The molecular weight excluding hydrogens is 250 g/mol. The van der Waals surface area contributed by atoms with Gasteiger partial charge in [0.25, 0.3) is 0 Å². The molecule has 4 heteroatoms. The van der Waals surface area contributed by atoms with Gasteiger partial charge in [-0.2, -0.15) is 0 Å². The van der Waals surface area contributed by atoms with Gasteiger partial charge in [-0.25, -0.2) is 0 Å². The number of aliphatic hydroxyl groups is 1. The van der Waals surface area contributed by atoms with E-state index in [9.17, 15) is 9.90 Å². The summed E-state index contributed by atoms with van der Waals surface area (Å²) < 4.78 is 0. The lowest BCUT2D eigenvalue weighted by Crippen LogP contribution is -2.36. The predicted molar refractivity (Wildman–Crippen MR) is 71.4 cm³/mol. The fourth-order valence-corrected chi connectivity index (χ4v) is 2.53. The molecule has 0 spiro atoms. The summed E-state index contributed by atoms with van der Waals surface area (Å²) in [6, 6.07) is 7.35. The number of carbonyl (C=O) groups excluding carboxylic acids is 1. The zero-order valence-electron chi connectivity index (χ0n) is 10.4. The maximum Gasteiger partial charge on any atom is 0.226 e. The minimum Gasteiger partial charge on any atom is -0.392 e. The van der Waals surface area contributed by atoms with Gasteiger partial charge < -0.3 is 10.4 Å². The molecule has 1 amide bonds. The number of amides is 1. The van der Waals surface area contributed by atoms with Gasteiger partial charge in [-0.3, -0.25) is 4.79 Å². The van der Waals surface area contributed by atoms with Crippen molar-refractivity contribution in [3.63, 3.8) is 0 Å². The van der Waals surface area contributed by atoms with Crippen LogP contribution < -0.4 is 5.32 Å². The van der Waals surface area contributed by atoms with E-state index in [-0.39, 0.29) is 17.9 Å². The Balaban J connectivity index is 1.96. The van der Waals surface area contributed by atoms with Crippen LogP contribution in [0.4, 0.5) is 0 Å². The van der Waals surface area contributed by atoms with Gasteiger partial charge in [-0.15, -0.1) is 0 Å². The Kier molecular flexibility index (Phi) is 4.25. The second-order valence-corrected chi connectivity index (χ2v) is 5.32. The summed E-state index contributed by atoms with van der Waals surface area (Å²) in [4.78, 5) is 12.0. The minimum absolute atomic E-state index is 0.0533. The van der Waals surface area contributed by atoms with E-state index >= 15 is 0 Å². The van der Waals surface area contributed by atoms with Crippen molar-refractivity contribution in [1.29, 1.82) is 0 Å². The van der Waals surface area contributed by atoms with Crippen LogP contribution in [0.3, 0.4) is 0 Å². The molecule has 1 fully saturated rings. The highest BCUT2D eigenvalue weighted by atomic mass is 35.5. The molecule has 18 heavy (non-hydrogen) atoms. The molecule has 3 atom stereocenters. The molecule has 98 valence electrons. The summed E-state index contributed by atoms with van der Waals surface area (Å²) in [5.74, 6) is -0.304. The normalized spacial score (nSPS) is 24.8.